The molecule has 1 aromatic carbocycles. The minimum Gasteiger partial charge on any atom is -0.616 e. The molecule has 0 N–H and O–H groups in total. The van der Waals surface area contributed by atoms with Crippen molar-refractivity contribution in [2.45, 2.75) is 11.4 Å². The molecule has 2 heterocycles. The molecule has 0 bridgehead atoms. The first-order valence-electron chi connectivity index (χ1n) is 8.47. The molecule has 2 aromatic heterocycles. The van der Waals surface area contributed by atoms with E-state index < -0.39 is 11.2 Å². The summed E-state index contributed by atoms with van der Waals surface area (Å²) in [6, 6.07) is 11.8. The van der Waals surface area contributed by atoms with E-state index in [9.17, 15) is 9.81 Å². The Bertz CT molecular complexity index is 930. The SMILES string of the molecule is COCCC[S+]([O-])CSc1nc(-c2nccs2)nc(-c2ccccc2)c1C#N. The molecule has 0 fully saturated rings. The molecule has 28 heavy (non-hydrogen) atoms. The Balaban J connectivity index is 1.94. The number of ether oxygens (including phenoxy) is 1. The summed E-state index contributed by atoms with van der Waals surface area (Å²) in [5.74, 6) is 1.03. The Morgan fingerprint density at radius 2 is 2.11 bits per heavy atom. The molecule has 6 nitrogen and oxygen atoms in total. The standard InChI is InChI=1S/C19H18N4O2S3/c1-25-9-5-11-28(24)13-27-18-15(12-20)16(14-6-3-2-4-7-14)22-17(23-18)19-21-8-10-26-19/h2-4,6-8,10H,5,9,11,13H2,1H3. The molecule has 144 valence electrons. The van der Waals surface area contributed by atoms with Crippen LogP contribution in [0.25, 0.3) is 22.1 Å². The van der Waals surface area contributed by atoms with Crippen LogP contribution in [0.3, 0.4) is 0 Å². The van der Waals surface area contributed by atoms with E-state index in [1.54, 1.807) is 13.3 Å². The second kappa shape index (κ2) is 10.5. The summed E-state index contributed by atoms with van der Waals surface area (Å²) in [4.78, 5) is 13.5. The molecule has 0 amide bonds. The van der Waals surface area contributed by atoms with Gasteiger partial charge in [0, 0.05) is 30.7 Å². The summed E-state index contributed by atoms with van der Waals surface area (Å²) in [5, 5.41) is 13.2. The van der Waals surface area contributed by atoms with Gasteiger partial charge >= 0.3 is 0 Å². The van der Waals surface area contributed by atoms with Crippen molar-refractivity contribution in [2.75, 3.05) is 24.6 Å². The lowest BCUT2D eigenvalue weighted by Gasteiger charge is -2.12. The zero-order valence-electron chi connectivity index (χ0n) is 15.2. The average molecular weight is 431 g/mol. The van der Waals surface area contributed by atoms with Crippen LogP contribution >= 0.6 is 23.1 Å². The number of hydrogen-bond acceptors (Lipinski definition) is 8. The molecule has 3 aromatic rings. The highest BCUT2D eigenvalue weighted by molar-refractivity contribution is 8.12. The number of thioether (sulfide) groups is 1. The number of hydrogen-bond donors (Lipinski definition) is 0. The van der Waals surface area contributed by atoms with E-state index in [-0.39, 0.29) is 0 Å². The van der Waals surface area contributed by atoms with Gasteiger partial charge in [-0.25, -0.2) is 15.0 Å². The zero-order chi connectivity index (χ0) is 19.8. The number of benzene rings is 1. The van der Waals surface area contributed by atoms with Crippen molar-refractivity contribution >= 4 is 34.3 Å². The molecular formula is C19H18N4O2S3. The maximum Gasteiger partial charge on any atom is 0.190 e. The van der Waals surface area contributed by atoms with Crippen molar-refractivity contribution in [1.29, 1.82) is 5.26 Å². The molecule has 3 rings (SSSR count). The summed E-state index contributed by atoms with van der Waals surface area (Å²) in [7, 11) is 1.63. The third-order valence-corrected chi connectivity index (χ3v) is 7.31. The topological polar surface area (TPSA) is 94.8 Å². The molecule has 0 spiro atoms. The Labute approximate surface area is 175 Å². The summed E-state index contributed by atoms with van der Waals surface area (Å²) in [5.41, 5.74) is 1.80. The third kappa shape index (κ3) is 5.31. The van der Waals surface area contributed by atoms with Crippen molar-refractivity contribution in [3.05, 3.63) is 47.5 Å². The average Bonchev–Trinajstić information content (AvgIpc) is 3.27. The molecule has 0 aliphatic carbocycles. The van der Waals surface area contributed by atoms with Gasteiger partial charge in [-0.15, -0.1) is 11.3 Å². The Morgan fingerprint density at radius 1 is 1.29 bits per heavy atom. The first-order valence-corrected chi connectivity index (χ1v) is 11.8. The van der Waals surface area contributed by atoms with Gasteiger partial charge in [0.05, 0.1) is 12.3 Å². The summed E-state index contributed by atoms with van der Waals surface area (Å²) in [6.07, 6.45) is 2.43. The number of nitrogens with zero attached hydrogens (tertiary/aromatic N) is 4. The number of thiazole rings is 1. The first kappa shape index (κ1) is 20.8. The van der Waals surface area contributed by atoms with Crippen LogP contribution in [0, 0.1) is 11.3 Å². The van der Waals surface area contributed by atoms with Crippen LogP contribution in [0.4, 0.5) is 0 Å². The van der Waals surface area contributed by atoms with E-state index >= 15 is 0 Å². The van der Waals surface area contributed by atoms with Gasteiger partial charge in [-0.05, 0) is 11.2 Å². The zero-order valence-corrected chi connectivity index (χ0v) is 17.6. The van der Waals surface area contributed by atoms with Crippen molar-refractivity contribution in [3.8, 4) is 28.2 Å². The van der Waals surface area contributed by atoms with Crippen molar-refractivity contribution in [3.63, 3.8) is 0 Å². The van der Waals surface area contributed by atoms with Crippen LogP contribution in [0.1, 0.15) is 12.0 Å². The predicted molar refractivity (Wildman–Crippen MR) is 114 cm³/mol. The highest BCUT2D eigenvalue weighted by atomic mass is 32.3. The second-order valence-corrected chi connectivity index (χ2v) is 9.44. The fraction of sp³-hybridized carbons (Fsp3) is 0.263. The summed E-state index contributed by atoms with van der Waals surface area (Å²) >= 11 is 1.73. The summed E-state index contributed by atoms with van der Waals surface area (Å²) < 4.78 is 17.3. The highest BCUT2D eigenvalue weighted by Gasteiger charge is 2.20. The smallest absolute Gasteiger partial charge is 0.190 e. The number of methoxy groups -OCH3 is 1. The minimum atomic E-state index is -1.03. The lowest BCUT2D eigenvalue weighted by molar-refractivity contribution is 0.199. The van der Waals surface area contributed by atoms with Crippen LogP contribution in [0.2, 0.25) is 0 Å². The van der Waals surface area contributed by atoms with E-state index in [2.05, 4.69) is 21.0 Å². The monoisotopic (exact) mass is 430 g/mol. The van der Waals surface area contributed by atoms with Crippen LogP contribution < -0.4 is 0 Å². The van der Waals surface area contributed by atoms with Crippen LogP contribution in [-0.4, -0.2) is 44.1 Å². The molecule has 0 saturated heterocycles. The van der Waals surface area contributed by atoms with Gasteiger partial charge in [-0.2, -0.15) is 5.26 Å². The molecule has 0 radical (unpaired) electrons. The van der Waals surface area contributed by atoms with Gasteiger partial charge in [-0.1, -0.05) is 42.1 Å². The second-order valence-electron chi connectivity index (χ2n) is 5.64. The Morgan fingerprint density at radius 3 is 2.79 bits per heavy atom. The van der Waals surface area contributed by atoms with Gasteiger partial charge in [0.15, 0.2) is 15.9 Å². The van der Waals surface area contributed by atoms with E-state index in [0.29, 0.717) is 44.6 Å². The number of aromatic nitrogens is 3. The van der Waals surface area contributed by atoms with E-state index in [0.717, 1.165) is 12.0 Å². The van der Waals surface area contributed by atoms with Gasteiger partial charge in [0.2, 0.25) is 0 Å². The van der Waals surface area contributed by atoms with Crippen molar-refractivity contribution in [2.24, 2.45) is 0 Å². The number of rotatable bonds is 9. The van der Waals surface area contributed by atoms with Gasteiger partial charge in [-0.3, -0.25) is 0 Å². The quantitative estimate of drug-likeness (QED) is 0.219. The Hall–Kier alpha value is -1.96. The molecular weight excluding hydrogens is 412 g/mol. The molecule has 1 atom stereocenters. The largest absolute Gasteiger partial charge is 0.616 e. The van der Waals surface area contributed by atoms with E-state index in [1.807, 2.05) is 35.7 Å². The molecule has 0 aliphatic rings. The highest BCUT2D eigenvalue weighted by Crippen LogP contribution is 2.32. The molecule has 0 aliphatic heterocycles. The van der Waals surface area contributed by atoms with Gasteiger partial charge in [0.25, 0.3) is 0 Å². The maximum atomic E-state index is 12.3. The fourth-order valence-corrected chi connectivity index (χ4v) is 5.31. The molecule has 9 heteroatoms. The summed E-state index contributed by atoms with van der Waals surface area (Å²) in [6.45, 7) is 0.583. The van der Waals surface area contributed by atoms with Crippen LogP contribution in [0.5, 0.6) is 0 Å². The maximum absolute atomic E-state index is 12.3. The minimum absolute atomic E-state index is 0.362. The van der Waals surface area contributed by atoms with Crippen molar-refractivity contribution < 1.29 is 9.29 Å². The van der Waals surface area contributed by atoms with E-state index in [4.69, 9.17) is 4.74 Å². The van der Waals surface area contributed by atoms with Crippen molar-refractivity contribution in [1.82, 2.24) is 15.0 Å². The fourth-order valence-electron chi connectivity index (χ4n) is 2.42. The molecule has 1 unspecified atom stereocenters. The predicted octanol–water partition coefficient (Wildman–Crippen LogP) is 3.97. The van der Waals surface area contributed by atoms with Gasteiger partial charge < -0.3 is 9.29 Å². The van der Waals surface area contributed by atoms with E-state index in [1.165, 1.54) is 23.1 Å². The molecule has 0 saturated carbocycles. The normalized spacial score (nSPS) is 11.9. The third-order valence-electron chi connectivity index (χ3n) is 3.71. The Kier molecular flexibility index (Phi) is 7.82. The van der Waals surface area contributed by atoms with Crippen LogP contribution in [0.15, 0.2) is 46.9 Å². The van der Waals surface area contributed by atoms with Gasteiger partial charge in [0.1, 0.15) is 22.4 Å². The lowest BCUT2D eigenvalue weighted by Crippen LogP contribution is -2.11. The number of nitriles is 1. The van der Waals surface area contributed by atoms with Crippen LogP contribution in [-0.2, 0) is 15.9 Å². The first-order chi connectivity index (χ1) is 13.7. The lowest BCUT2D eigenvalue weighted by atomic mass is 10.1.